The summed E-state index contributed by atoms with van der Waals surface area (Å²) in [6.07, 6.45) is 2.56. The number of fused-ring (bicyclic) bond motifs is 1. The lowest BCUT2D eigenvalue weighted by Crippen LogP contribution is -2.45. The van der Waals surface area contributed by atoms with Gasteiger partial charge in [-0.1, -0.05) is 6.07 Å². The first-order chi connectivity index (χ1) is 11.1. The van der Waals surface area contributed by atoms with Gasteiger partial charge in [-0.3, -0.25) is 0 Å². The molecule has 0 aromatic heterocycles. The van der Waals surface area contributed by atoms with Crippen LogP contribution in [-0.4, -0.2) is 31.9 Å². The van der Waals surface area contributed by atoms with Gasteiger partial charge < -0.3 is 20.1 Å². The van der Waals surface area contributed by atoms with E-state index in [4.69, 9.17) is 9.47 Å². The van der Waals surface area contributed by atoms with Crippen molar-refractivity contribution < 1.29 is 18.7 Å². The number of halogens is 1. The van der Waals surface area contributed by atoms with Crippen molar-refractivity contribution in [2.24, 2.45) is 5.92 Å². The maximum absolute atomic E-state index is 13.4. The third kappa shape index (κ3) is 3.93. The van der Waals surface area contributed by atoms with E-state index in [0.29, 0.717) is 24.9 Å². The molecule has 2 aliphatic heterocycles. The maximum atomic E-state index is 13.4. The Bertz CT molecular complexity index is 561. The Morgan fingerprint density at radius 1 is 1.35 bits per heavy atom. The van der Waals surface area contributed by atoms with E-state index in [-0.39, 0.29) is 23.9 Å². The molecule has 1 aromatic carbocycles. The number of urea groups is 1. The Labute approximate surface area is 135 Å². The first kappa shape index (κ1) is 16.1. The summed E-state index contributed by atoms with van der Waals surface area (Å²) in [6, 6.07) is 4.17. The van der Waals surface area contributed by atoms with Crippen molar-refractivity contribution in [3.63, 3.8) is 0 Å². The van der Waals surface area contributed by atoms with E-state index < -0.39 is 0 Å². The molecule has 2 N–H and O–H groups in total. The Kier molecular flexibility index (Phi) is 5.00. The quantitative estimate of drug-likeness (QED) is 0.899. The minimum atomic E-state index is -0.330. The topological polar surface area (TPSA) is 59.6 Å². The molecule has 1 aromatic rings. The van der Waals surface area contributed by atoms with Gasteiger partial charge >= 0.3 is 6.03 Å². The lowest BCUT2D eigenvalue weighted by atomic mass is 10.0. The van der Waals surface area contributed by atoms with Crippen LogP contribution in [0.25, 0.3) is 0 Å². The normalized spacial score (nSPS) is 25.0. The summed E-state index contributed by atoms with van der Waals surface area (Å²) in [6.45, 7) is 3.99. The molecule has 0 aliphatic carbocycles. The molecule has 2 amide bonds. The number of rotatable bonds is 3. The van der Waals surface area contributed by atoms with Crippen molar-refractivity contribution in [3.8, 4) is 5.75 Å². The van der Waals surface area contributed by atoms with Crippen LogP contribution in [0.4, 0.5) is 9.18 Å². The Hall–Kier alpha value is -1.82. The monoisotopic (exact) mass is 322 g/mol. The van der Waals surface area contributed by atoms with Gasteiger partial charge in [0, 0.05) is 30.2 Å². The van der Waals surface area contributed by atoms with Crippen LogP contribution in [0.5, 0.6) is 5.75 Å². The van der Waals surface area contributed by atoms with Gasteiger partial charge in [-0.05, 0) is 32.3 Å². The highest BCUT2D eigenvalue weighted by atomic mass is 19.1. The SMILES string of the molecule is C[C@H](NC(=O)N[C@@H]1CCCOc2cc(F)ccc21)[C@@H]1CCOC1. The van der Waals surface area contributed by atoms with Crippen molar-refractivity contribution in [2.75, 3.05) is 19.8 Å². The van der Waals surface area contributed by atoms with Crippen molar-refractivity contribution in [1.29, 1.82) is 0 Å². The number of hydrogen-bond acceptors (Lipinski definition) is 3. The standard InChI is InChI=1S/C17H23FN2O3/c1-11(12-6-8-22-10-12)19-17(21)20-15-3-2-7-23-16-9-13(18)4-5-14(15)16/h4-5,9,11-12,15H,2-3,6-8,10H2,1H3,(H2,19,20,21)/t11-,12+,15+/m0/s1. The lowest BCUT2D eigenvalue weighted by molar-refractivity contribution is 0.177. The Morgan fingerprint density at radius 2 is 2.22 bits per heavy atom. The third-order valence-electron chi connectivity index (χ3n) is 4.58. The predicted octanol–water partition coefficient (Wildman–Crippen LogP) is 2.76. The molecular formula is C17H23FN2O3. The van der Waals surface area contributed by atoms with Gasteiger partial charge in [0.2, 0.25) is 0 Å². The number of nitrogens with one attached hydrogen (secondary N) is 2. The molecule has 3 rings (SSSR count). The van der Waals surface area contributed by atoms with Crippen molar-refractivity contribution in [1.82, 2.24) is 10.6 Å². The number of hydrogen-bond donors (Lipinski definition) is 2. The number of carbonyl (C=O) groups excluding carboxylic acids is 1. The van der Waals surface area contributed by atoms with Gasteiger partial charge in [-0.15, -0.1) is 0 Å². The smallest absolute Gasteiger partial charge is 0.315 e. The summed E-state index contributed by atoms with van der Waals surface area (Å²) in [7, 11) is 0. The van der Waals surface area contributed by atoms with Gasteiger partial charge in [-0.25, -0.2) is 9.18 Å². The van der Waals surface area contributed by atoms with Gasteiger partial charge in [0.25, 0.3) is 0 Å². The molecule has 0 bridgehead atoms. The predicted molar refractivity (Wildman–Crippen MR) is 83.9 cm³/mol. The van der Waals surface area contributed by atoms with Crippen LogP contribution in [0.2, 0.25) is 0 Å². The van der Waals surface area contributed by atoms with E-state index in [1.54, 1.807) is 6.07 Å². The maximum Gasteiger partial charge on any atom is 0.315 e. The van der Waals surface area contributed by atoms with Gasteiger partial charge in [0.1, 0.15) is 11.6 Å². The van der Waals surface area contributed by atoms with Crippen LogP contribution in [0.3, 0.4) is 0 Å². The van der Waals surface area contributed by atoms with Crippen molar-refractivity contribution in [3.05, 3.63) is 29.6 Å². The minimum Gasteiger partial charge on any atom is -0.493 e. The van der Waals surface area contributed by atoms with E-state index in [9.17, 15) is 9.18 Å². The largest absolute Gasteiger partial charge is 0.493 e. The summed E-state index contributed by atoms with van der Waals surface area (Å²) in [5.74, 6) is 0.549. The van der Waals surface area contributed by atoms with Crippen LogP contribution >= 0.6 is 0 Å². The van der Waals surface area contributed by atoms with E-state index in [2.05, 4.69) is 10.6 Å². The molecule has 1 fully saturated rings. The summed E-state index contributed by atoms with van der Waals surface area (Å²) >= 11 is 0. The fourth-order valence-electron chi connectivity index (χ4n) is 3.17. The minimum absolute atomic E-state index is 0.0622. The molecule has 0 radical (unpaired) electrons. The summed E-state index contributed by atoms with van der Waals surface area (Å²) in [5, 5.41) is 5.98. The van der Waals surface area contributed by atoms with Crippen molar-refractivity contribution in [2.45, 2.75) is 38.3 Å². The second-order valence-electron chi connectivity index (χ2n) is 6.26. The molecule has 0 unspecified atom stereocenters. The number of ether oxygens (including phenoxy) is 2. The van der Waals surface area contributed by atoms with E-state index in [1.807, 2.05) is 6.92 Å². The molecule has 3 atom stereocenters. The summed E-state index contributed by atoms with van der Waals surface area (Å²) in [5.41, 5.74) is 0.830. The van der Waals surface area contributed by atoms with Crippen molar-refractivity contribution >= 4 is 6.03 Å². The van der Waals surface area contributed by atoms with E-state index in [1.165, 1.54) is 12.1 Å². The molecule has 23 heavy (non-hydrogen) atoms. The average Bonchev–Trinajstić information content (AvgIpc) is 2.98. The number of carbonyl (C=O) groups is 1. The summed E-state index contributed by atoms with van der Waals surface area (Å²) < 4.78 is 24.3. The highest BCUT2D eigenvalue weighted by Crippen LogP contribution is 2.32. The van der Waals surface area contributed by atoms with Crippen LogP contribution in [0.15, 0.2) is 18.2 Å². The average molecular weight is 322 g/mol. The zero-order valence-corrected chi connectivity index (χ0v) is 13.3. The van der Waals surface area contributed by atoms with Gasteiger partial charge in [-0.2, -0.15) is 0 Å². The lowest BCUT2D eigenvalue weighted by Gasteiger charge is -2.23. The molecule has 0 saturated carbocycles. The van der Waals surface area contributed by atoms with Crippen LogP contribution in [0, 0.1) is 11.7 Å². The fraction of sp³-hybridized carbons (Fsp3) is 0.588. The fourth-order valence-corrected chi connectivity index (χ4v) is 3.17. The van der Waals surface area contributed by atoms with Gasteiger partial charge in [0.15, 0.2) is 0 Å². The molecule has 5 nitrogen and oxygen atoms in total. The Balaban J connectivity index is 1.63. The second kappa shape index (κ2) is 7.17. The molecule has 2 heterocycles. The molecule has 6 heteroatoms. The van der Waals surface area contributed by atoms with Crippen LogP contribution < -0.4 is 15.4 Å². The first-order valence-corrected chi connectivity index (χ1v) is 8.20. The molecular weight excluding hydrogens is 299 g/mol. The van der Waals surface area contributed by atoms with E-state index >= 15 is 0 Å². The van der Waals surface area contributed by atoms with Crippen LogP contribution in [0.1, 0.15) is 37.8 Å². The molecule has 0 spiro atoms. The highest BCUT2D eigenvalue weighted by molar-refractivity contribution is 5.75. The zero-order chi connectivity index (χ0) is 16.2. The summed E-state index contributed by atoms with van der Waals surface area (Å²) in [4.78, 5) is 12.3. The second-order valence-corrected chi connectivity index (χ2v) is 6.26. The van der Waals surface area contributed by atoms with Crippen LogP contribution in [-0.2, 0) is 4.74 Å². The first-order valence-electron chi connectivity index (χ1n) is 8.20. The zero-order valence-electron chi connectivity index (χ0n) is 13.3. The van der Waals surface area contributed by atoms with E-state index in [0.717, 1.165) is 31.4 Å². The number of amides is 2. The third-order valence-corrected chi connectivity index (χ3v) is 4.58. The van der Waals surface area contributed by atoms with Gasteiger partial charge in [0.05, 0.1) is 19.3 Å². The molecule has 126 valence electrons. The number of benzene rings is 1. The molecule has 1 saturated heterocycles. The Morgan fingerprint density at radius 3 is 3.00 bits per heavy atom. The molecule has 2 aliphatic rings. The highest BCUT2D eigenvalue weighted by Gasteiger charge is 2.26.